The second-order valence-corrected chi connectivity index (χ2v) is 7.90. The minimum absolute atomic E-state index is 0.0437. The molecule has 0 aliphatic carbocycles. The Hall–Kier alpha value is -2.25. The van der Waals surface area contributed by atoms with Gasteiger partial charge in [-0.15, -0.1) is 22.7 Å². The van der Waals surface area contributed by atoms with Gasteiger partial charge < -0.3 is 4.90 Å². The van der Waals surface area contributed by atoms with Gasteiger partial charge in [0.25, 0.3) is 11.5 Å². The molecule has 7 heteroatoms. The van der Waals surface area contributed by atoms with Gasteiger partial charge in [-0.05, 0) is 41.8 Å². The van der Waals surface area contributed by atoms with Crippen LogP contribution in [0.15, 0.2) is 52.0 Å². The molecule has 4 heterocycles. The van der Waals surface area contributed by atoms with Crippen molar-refractivity contribution in [2.75, 3.05) is 13.1 Å². The summed E-state index contributed by atoms with van der Waals surface area (Å²) in [6.07, 6.45) is 1.73. The van der Waals surface area contributed by atoms with Crippen LogP contribution in [0.2, 0.25) is 0 Å². The fourth-order valence-corrected chi connectivity index (χ4v) is 4.52. The highest BCUT2D eigenvalue weighted by Crippen LogP contribution is 2.25. The fourth-order valence-electron chi connectivity index (χ4n) is 3.14. The average Bonchev–Trinajstić information content (AvgIpc) is 3.35. The molecular weight excluding hydrogens is 354 g/mol. The molecule has 0 spiro atoms. The Balaban J connectivity index is 1.60. The number of piperidine rings is 1. The van der Waals surface area contributed by atoms with Crippen LogP contribution in [-0.2, 0) is 0 Å². The molecule has 4 rings (SSSR count). The number of thiophene rings is 2. The van der Waals surface area contributed by atoms with Gasteiger partial charge in [0.05, 0.1) is 15.8 Å². The lowest BCUT2D eigenvalue weighted by Gasteiger charge is -2.32. The Labute approximate surface area is 153 Å². The molecule has 1 atom stereocenters. The first-order chi connectivity index (χ1) is 12.2. The van der Waals surface area contributed by atoms with Gasteiger partial charge >= 0.3 is 0 Å². The molecule has 128 valence electrons. The standard InChI is InChI=1S/C18H17N3O2S2/c22-17-8-7-14(15-5-2-10-24-15)19-21(17)13-4-1-9-20(12-13)18(23)16-6-3-11-25-16/h2-3,5-8,10-11,13H,1,4,9,12H2. The summed E-state index contributed by atoms with van der Waals surface area (Å²) < 4.78 is 1.56. The third-order valence-electron chi connectivity index (χ3n) is 4.36. The molecule has 1 aliphatic heterocycles. The summed E-state index contributed by atoms with van der Waals surface area (Å²) in [5, 5.41) is 8.48. The Bertz CT molecular complexity index is 916. The molecule has 1 amide bonds. The lowest BCUT2D eigenvalue weighted by Crippen LogP contribution is -2.43. The molecule has 0 saturated carbocycles. The maximum absolute atomic E-state index is 12.6. The van der Waals surface area contributed by atoms with Crippen LogP contribution in [-0.4, -0.2) is 33.7 Å². The van der Waals surface area contributed by atoms with E-state index < -0.39 is 0 Å². The molecule has 0 bridgehead atoms. The van der Waals surface area contributed by atoms with E-state index in [2.05, 4.69) is 5.10 Å². The summed E-state index contributed by atoms with van der Waals surface area (Å²) >= 11 is 3.05. The zero-order valence-corrected chi connectivity index (χ0v) is 15.1. The van der Waals surface area contributed by atoms with Gasteiger partial charge in [-0.3, -0.25) is 9.59 Å². The van der Waals surface area contributed by atoms with E-state index in [4.69, 9.17) is 0 Å². The SMILES string of the molecule is O=C(c1cccs1)N1CCCC(n2nc(-c3cccs3)ccc2=O)C1. The van der Waals surface area contributed by atoms with E-state index in [1.807, 2.05) is 39.9 Å². The third kappa shape index (κ3) is 3.29. The van der Waals surface area contributed by atoms with Gasteiger partial charge in [-0.1, -0.05) is 12.1 Å². The summed E-state index contributed by atoms with van der Waals surface area (Å²) in [7, 11) is 0. The van der Waals surface area contributed by atoms with Crippen LogP contribution in [0.1, 0.15) is 28.6 Å². The van der Waals surface area contributed by atoms with Crippen LogP contribution in [0.3, 0.4) is 0 Å². The molecule has 25 heavy (non-hydrogen) atoms. The summed E-state index contributed by atoms with van der Waals surface area (Å²) in [6.45, 7) is 1.25. The number of rotatable bonds is 3. The molecule has 0 aromatic carbocycles. The van der Waals surface area contributed by atoms with E-state index in [0.717, 1.165) is 34.8 Å². The second-order valence-electron chi connectivity index (χ2n) is 6.00. The van der Waals surface area contributed by atoms with Crippen molar-refractivity contribution in [3.8, 4) is 10.6 Å². The minimum atomic E-state index is -0.115. The van der Waals surface area contributed by atoms with Crippen LogP contribution in [0, 0.1) is 0 Å². The van der Waals surface area contributed by atoms with Crippen molar-refractivity contribution in [3.63, 3.8) is 0 Å². The van der Waals surface area contributed by atoms with Gasteiger partial charge in [0.2, 0.25) is 0 Å². The second kappa shape index (κ2) is 6.93. The Kier molecular flexibility index (Phi) is 4.50. The van der Waals surface area contributed by atoms with Crippen molar-refractivity contribution < 1.29 is 4.79 Å². The summed E-state index contributed by atoms with van der Waals surface area (Å²) in [5.41, 5.74) is 0.687. The van der Waals surface area contributed by atoms with Gasteiger partial charge in [0.15, 0.2) is 0 Å². The number of hydrogen-bond acceptors (Lipinski definition) is 5. The van der Waals surface area contributed by atoms with E-state index in [0.29, 0.717) is 6.54 Å². The number of hydrogen-bond donors (Lipinski definition) is 0. The van der Waals surface area contributed by atoms with Crippen LogP contribution in [0.5, 0.6) is 0 Å². The monoisotopic (exact) mass is 371 g/mol. The van der Waals surface area contributed by atoms with Crippen LogP contribution in [0.25, 0.3) is 10.6 Å². The first kappa shape index (κ1) is 16.2. The maximum Gasteiger partial charge on any atom is 0.267 e. The highest BCUT2D eigenvalue weighted by Gasteiger charge is 2.27. The molecule has 1 aliphatic rings. The molecular formula is C18H17N3O2S2. The van der Waals surface area contributed by atoms with Gasteiger partial charge in [0.1, 0.15) is 5.69 Å². The molecule has 0 radical (unpaired) electrons. The molecule has 1 unspecified atom stereocenters. The normalized spacial score (nSPS) is 17.6. The predicted octanol–water partition coefficient (Wildman–Crippen LogP) is 3.51. The Morgan fingerprint density at radius 1 is 1.12 bits per heavy atom. The van der Waals surface area contributed by atoms with Crippen LogP contribution >= 0.6 is 22.7 Å². The molecule has 1 fully saturated rings. The number of carbonyl (C=O) groups is 1. The highest BCUT2D eigenvalue weighted by atomic mass is 32.1. The molecule has 5 nitrogen and oxygen atoms in total. The van der Waals surface area contributed by atoms with E-state index in [-0.39, 0.29) is 17.5 Å². The first-order valence-corrected chi connectivity index (χ1v) is 9.95. The zero-order chi connectivity index (χ0) is 17.2. The van der Waals surface area contributed by atoms with Crippen molar-refractivity contribution in [2.24, 2.45) is 0 Å². The molecule has 1 saturated heterocycles. The van der Waals surface area contributed by atoms with E-state index >= 15 is 0 Å². The Morgan fingerprint density at radius 3 is 2.72 bits per heavy atom. The fraction of sp³-hybridized carbons (Fsp3) is 0.278. The third-order valence-corrected chi connectivity index (χ3v) is 6.11. The summed E-state index contributed by atoms with van der Waals surface area (Å²) in [5.74, 6) is 0.0437. The predicted molar refractivity (Wildman–Crippen MR) is 100 cm³/mol. The van der Waals surface area contributed by atoms with Crippen molar-refractivity contribution in [1.82, 2.24) is 14.7 Å². The van der Waals surface area contributed by atoms with E-state index in [1.54, 1.807) is 28.2 Å². The summed E-state index contributed by atoms with van der Waals surface area (Å²) in [6, 6.07) is 11.0. The van der Waals surface area contributed by atoms with Crippen LogP contribution in [0.4, 0.5) is 0 Å². The number of amides is 1. The lowest BCUT2D eigenvalue weighted by molar-refractivity contribution is 0.0675. The molecule has 0 N–H and O–H groups in total. The minimum Gasteiger partial charge on any atom is -0.336 e. The van der Waals surface area contributed by atoms with E-state index in [9.17, 15) is 9.59 Å². The number of aromatic nitrogens is 2. The molecule has 3 aromatic rings. The maximum atomic E-state index is 12.6. The average molecular weight is 371 g/mol. The number of carbonyl (C=O) groups excluding carboxylic acids is 1. The van der Waals surface area contributed by atoms with Crippen molar-refractivity contribution in [1.29, 1.82) is 0 Å². The van der Waals surface area contributed by atoms with Crippen LogP contribution < -0.4 is 5.56 Å². The Morgan fingerprint density at radius 2 is 1.96 bits per heavy atom. The van der Waals surface area contributed by atoms with Crippen molar-refractivity contribution in [3.05, 3.63) is 62.4 Å². The largest absolute Gasteiger partial charge is 0.336 e. The van der Waals surface area contributed by atoms with Gasteiger partial charge in [0, 0.05) is 19.2 Å². The number of likely N-dealkylation sites (tertiary alicyclic amines) is 1. The van der Waals surface area contributed by atoms with Gasteiger partial charge in [-0.25, -0.2) is 4.68 Å². The smallest absolute Gasteiger partial charge is 0.267 e. The highest BCUT2D eigenvalue weighted by molar-refractivity contribution is 7.13. The molecule has 3 aromatic heterocycles. The summed E-state index contributed by atoms with van der Waals surface area (Å²) in [4.78, 5) is 28.6. The first-order valence-electron chi connectivity index (χ1n) is 8.19. The topological polar surface area (TPSA) is 55.2 Å². The van der Waals surface area contributed by atoms with E-state index in [1.165, 1.54) is 11.3 Å². The lowest BCUT2D eigenvalue weighted by atomic mass is 10.1. The quantitative estimate of drug-likeness (QED) is 0.708. The number of nitrogens with zero attached hydrogens (tertiary/aromatic N) is 3. The van der Waals surface area contributed by atoms with Gasteiger partial charge in [-0.2, -0.15) is 5.10 Å². The zero-order valence-electron chi connectivity index (χ0n) is 13.5. The van der Waals surface area contributed by atoms with Crippen molar-refractivity contribution >= 4 is 28.6 Å². The van der Waals surface area contributed by atoms with Crippen molar-refractivity contribution in [2.45, 2.75) is 18.9 Å².